The normalized spacial score (nSPS) is 13.6. The molecule has 6 heteroatoms. The summed E-state index contributed by atoms with van der Waals surface area (Å²) in [5.74, 6) is 1.80. The summed E-state index contributed by atoms with van der Waals surface area (Å²) in [6, 6.07) is 10.7. The molecular weight excluding hydrogens is 319 g/mol. The van der Waals surface area contributed by atoms with Gasteiger partial charge in [-0.15, -0.1) is 0 Å². The van der Waals surface area contributed by atoms with Gasteiger partial charge in [0.2, 0.25) is 5.95 Å². The number of fused-ring (bicyclic) bond motifs is 2. The van der Waals surface area contributed by atoms with Crippen molar-refractivity contribution in [2.24, 2.45) is 0 Å². The lowest BCUT2D eigenvalue weighted by Crippen LogP contribution is -2.26. The van der Waals surface area contributed by atoms with E-state index in [1.807, 2.05) is 12.1 Å². The highest BCUT2D eigenvalue weighted by Gasteiger charge is 2.22. The standard InChI is InChI=1S/C19H19FN4O/c1-21-19-22-16-7-5-13(20)11-15(16)18(23-19)24-9-3-4-12-10-14(25-2)6-8-17(12)24/h5-8,10-11H,3-4,9H2,1-2H3,(H,21,22,23). The lowest BCUT2D eigenvalue weighted by Gasteiger charge is -2.31. The van der Waals surface area contributed by atoms with Gasteiger partial charge in [0.25, 0.3) is 0 Å². The van der Waals surface area contributed by atoms with Crippen molar-refractivity contribution in [3.8, 4) is 5.75 Å². The summed E-state index contributed by atoms with van der Waals surface area (Å²) in [7, 11) is 3.45. The molecule has 2 aromatic carbocycles. The fourth-order valence-electron chi connectivity index (χ4n) is 3.32. The van der Waals surface area contributed by atoms with Gasteiger partial charge in [-0.1, -0.05) is 0 Å². The smallest absolute Gasteiger partial charge is 0.224 e. The number of nitrogens with one attached hydrogen (secondary N) is 1. The molecule has 0 saturated carbocycles. The van der Waals surface area contributed by atoms with Gasteiger partial charge in [-0.3, -0.25) is 0 Å². The fourth-order valence-corrected chi connectivity index (χ4v) is 3.32. The number of nitrogens with zero attached hydrogens (tertiary/aromatic N) is 3. The van der Waals surface area contributed by atoms with Gasteiger partial charge >= 0.3 is 0 Å². The van der Waals surface area contributed by atoms with Crippen molar-refractivity contribution in [2.45, 2.75) is 12.8 Å². The fraction of sp³-hybridized carbons (Fsp3) is 0.263. The second-order valence-electron chi connectivity index (χ2n) is 6.03. The molecule has 1 aliphatic heterocycles. The van der Waals surface area contributed by atoms with Gasteiger partial charge in [-0.25, -0.2) is 9.37 Å². The van der Waals surface area contributed by atoms with Crippen molar-refractivity contribution in [1.29, 1.82) is 0 Å². The van der Waals surface area contributed by atoms with Crippen LogP contribution in [0.5, 0.6) is 5.75 Å². The molecular formula is C19H19FN4O. The first-order valence-electron chi connectivity index (χ1n) is 8.29. The molecule has 128 valence electrons. The number of ether oxygens (including phenoxy) is 1. The topological polar surface area (TPSA) is 50.3 Å². The maximum absolute atomic E-state index is 13.9. The lowest BCUT2D eigenvalue weighted by molar-refractivity contribution is 0.414. The molecule has 0 saturated heterocycles. The molecule has 0 aliphatic carbocycles. The first-order chi connectivity index (χ1) is 12.2. The molecule has 0 radical (unpaired) electrons. The zero-order chi connectivity index (χ0) is 17.4. The molecule has 0 amide bonds. The van der Waals surface area contributed by atoms with Crippen LogP contribution in [0.1, 0.15) is 12.0 Å². The Morgan fingerprint density at radius 1 is 1.16 bits per heavy atom. The van der Waals surface area contributed by atoms with Gasteiger partial charge < -0.3 is 15.0 Å². The van der Waals surface area contributed by atoms with Crippen LogP contribution in [0.15, 0.2) is 36.4 Å². The highest BCUT2D eigenvalue weighted by molar-refractivity contribution is 5.93. The Balaban J connectivity index is 1.92. The molecule has 2 heterocycles. The summed E-state index contributed by atoms with van der Waals surface area (Å²) in [4.78, 5) is 11.2. The Morgan fingerprint density at radius 3 is 2.84 bits per heavy atom. The Morgan fingerprint density at radius 2 is 2.04 bits per heavy atom. The molecule has 5 nitrogen and oxygen atoms in total. The van der Waals surface area contributed by atoms with Crippen molar-refractivity contribution in [1.82, 2.24) is 9.97 Å². The van der Waals surface area contributed by atoms with Crippen molar-refractivity contribution in [3.05, 3.63) is 47.8 Å². The molecule has 0 fully saturated rings. The third-order valence-corrected chi connectivity index (χ3v) is 4.52. The van der Waals surface area contributed by atoms with Crippen LogP contribution in [-0.2, 0) is 6.42 Å². The highest BCUT2D eigenvalue weighted by atomic mass is 19.1. The van der Waals surface area contributed by atoms with Crippen LogP contribution in [0.2, 0.25) is 0 Å². The summed E-state index contributed by atoms with van der Waals surface area (Å²) in [5, 5.41) is 3.70. The van der Waals surface area contributed by atoms with E-state index in [1.165, 1.54) is 17.7 Å². The lowest BCUT2D eigenvalue weighted by atomic mass is 10.0. The van der Waals surface area contributed by atoms with E-state index in [1.54, 1.807) is 20.2 Å². The maximum Gasteiger partial charge on any atom is 0.224 e. The number of hydrogen-bond donors (Lipinski definition) is 1. The predicted octanol–water partition coefficient (Wildman–Crippen LogP) is 3.90. The average Bonchev–Trinajstić information content (AvgIpc) is 2.66. The van der Waals surface area contributed by atoms with Gasteiger partial charge in [-0.2, -0.15) is 4.98 Å². The zero-order valence-corrected chi connectivity index (χ0v) is 14.2. The van der Waals surface area contributed by atoms with Crippen LogP contribution in [0.25, 0.3) is 10.9 Å². The second kappa shape index (κ2) is 6.20. The van der Waals surface area contributed by atoms with Crippen molar-refractivity contribution in [2.75, 3.05) is 30.9 Å². The van der Waals surface area contributed by atoms with Crippen LogP contribution in [0, 0.1) is 5.82 Å². The van der Waals surface area contributed by atoms with Crippen LogP contribution in [-0.4, -0.2) is 30.7 Å². The Kier molecular flexibility index (Phi) is 3.87. The second-order valence-corrected chi connectivity index (χ2v) is 6.03. The van der Waals surface area contributed by atoms with Crippen LogP contribution in [0.3, 0.4) is 0 Å². The van der Waals surface area contributed by atoms with Crippen LogP contribution in [0.4, 0.5) is 21.8 Å². The number of rotatable bonds is 3. The van der Waals surface area contributed by atoms with E-state index in [4.69, 9.17) is 4.74 Å². The van der Waals surface area contributed by atoms with Gasteiger partial charge in [0.1, 0.15) is 17.4 Å². The third kappa shape index (κ3) is 2.73. The number of anilines is 3. The van der Waals surface area contributed by atoms with Gasteiger partial charge in [0.05, 0.1) is 12.6 Å². The summed E-state index contributed by atoms with van der Waals surface area (Å²) in [6.07, 6.45) is 1.98. The number of benzene rings is 2. The zero-order valence-electron chi connectivity index (χ0n) is 14.2. The molecule has 1 N–H and O–H groups in total. The average molecular weight is 338 g/mol. The summed E-state index contributed by atoms with van der Waals surface area (Å²) in [5.41, 5.74) is 3.01. The van der Waals surface area contributed by atoms with E-state index in [0.29, 0.717) is 11.3 Å². The summed E-state index contributed by atoms with van der Waals surface area (Å²) < 4.78 is 19.2. The number of halogens is 1. The third-order valence-electron chi connectivity index (χ3n) is 4.52. The van der Waals surface area contributed by atoms with Crippen molar-refractivity contribution < 1.29 is 9.13 Å². The molecule has 25 heavy (non-hydrogen) atoms. The minimum atomic E-state index is -0.290. The number of aryl methyl sites for hydroxylation is 1. The quantitative estimate of drug-likeness (QED) is 0.785. The summed E-state index contributed by atoms with van der Waals surface area (Å²) >= 11 is 0. The maximum atomic E-state index is 13.9. The molecule has 0 unspecified atom stereocenters. The van der Waals surface area contributed by atoms with Crippen molar-refractivity contribution in [3.63, 3.8) is 0 Å². The first kappa shape index (κ1) is 15.6. The number of methoxy groups -OCH3 is 1. The van der Waals surface area contributed by atoms with Gasteiger partial charge in [0, 0.05) is 24.7 Å². The van der Waals surface area contributed by atoms with E-state index in [-0.39, 0.29) is 5.82 Å². The van der Waals surface area contributed by atoms with E-state index >= 15 is 0 Å². The molecule has 3 aromatic rings. The molecule has 1 aliphatic rings. The van der Waals surface area contributed by atoms with Crippen LogP contribution < -0.4 is 15.0 Å². The van der Waals surface area contributed by atoms with Crippen LogP contribution >= 0.6 is 0 Å². The highest BCUT2D eigenvalue weighted by Crippen LogP contribution is 2.38. The molecule has 0 bridgehead atoms. The molecule has 1 aromatic heterocycles. The first-order valence-corrected chi connectivity index (χ1v) is 8.29. The van der Waals surface area contributed by atoms with E-state index in [9.17, 15) is 4.39 Å². The minimum Gasteiger partial charge on any atom is -0.497 e. The Bertz CT molecular complexity index is 944. The largest absolute Gasteiger partial charge is 0.497 e. The number of aromatic nitrogens is 2. The van der Waals surface area contributed by atoms with Gasteiger partial charge in [-0.05, 0) is 54.8 Å². The Labute approximate surface area is 145 Å². The van der Waals surface area contributed by atoms with E-state index in [2.05, 4.69) is 26.3 Å². The number of hydrogen-bond acceptors (Lipinski definition) is 5. The molecule has 0 spiro atoms. The van der Waals surface area contributed by atoms with E-state index < -0.39 is 0 Å². The Hall–Kier alpha value is -2.89. The monoisotopic (exact) mass is 338 g/mol. The van der Waals surface area contributed by atoms with Gasteiger partial charge in [0.15, 0.2) is 0 Å². The van der Waals surface area contributed by atoms with E-state index in [0.717, 1.165) is 42.2 Å². The molecule has 0 atom stereocenters. The molecule has 4 rings (SSSR count). The summed E-state index contributed by atoms with van der Waals surface area (Å²) in [6.45, 7) is 0.825. The minimum absolute atomic E-state index is 0.290. The predicted molar refractivity (Wildman–Crippen MR) is 97.4 cm³/mol. The SMILES string of the molecule is CNc1nc(N2CCCc3cc(OC)ccc32)c2cc(F)ccc2n1. The van der Waals surface area contributed by atoms with Crippen molar-refractivity contribution >= 4 is 28.4 Å².